The lowest BCUT2D eigenvalue weighted by atomic mass is 10.1. The van der Waals surface area contributed by atoms with Crippen LogP contribution in [0.1, 0.15) is 19.4 Å². The third kappa shape index (κ3) is 2.21. The third-order valence-corrected chi connectivity index (χ3v) is 2.66. The maximum Gasteiger partial charge on any atom is 0.0477 e. The van der Waals surface area contributed by atoms with E-state index in [2.05, 4.69) is 61.2 Å². The van der Waals surface area contributed by atoms with Crippen LogP contribution in [0.3, 0.4) is 0 Å². The maximum absolute atomic E-state index is 3.43. The Morgan fingerprint density at radius 2 is 2.07 bits per heavy atom. The van der Waals surface area contributed by atoms with Crippen LogP contribution in [-0.4, -0.2) is 10.6 Å². The fourth-order valence-electron chi connectivity index (χ4n) is 1.76. The van der Waals surface area contributed by atoms with Gasteiger partial charge in [-0.3, -0.25) is 0 Å². The molecule has 80 valence electrons. The van der Waals surface area contributed by atoms with Gasteiger partial charge in [-0.15, -0.1) is 0 Å². The molecule has 0 bridgehead atoms. The van der Waals surface area contributed by atoms with Crippen molar-refractivity contribution in [1.82, 2.24) is 9.88 Å². The molecule has 0 aliphatic rings. The van der Waals surface area contributed by atoms with Gasteiger partial charge in [-0.2, -0.15) is 0 Å². The molecular formula is C13H18N2. The van der Waals surface area contributed by atoms with Crippen LogP contribution in [0.4, 0.5) is 0 Å². The van der Waals surface area contributed by atoms with Crippen LogP contribution in [0.25, 0.3) is 10.9 Å². The molecule has 2 heteroatoms. The van der Waals surface area contributed by atoms with Gasteiger partial charge in [-0.1, -0.05) is 19.9 Å². The average Bonchev–Trinajstić information content (AvgIpc) is 2.57. The topological polar surface area (TPSA) is 17.0 Å². The predicted molar refractivity (Wildman–Crippen MR) is 64.9 cm³/mol. The fraction of sp³-hybridized carbons (Fsp3) is 0.385. The van der Waals surface area contributed by atoms with Gasteiger partial charge in [0, 0.05) is 31.3 Å². The summed E-state index contributed by atoms with van der Waals surface area (Å²) < 4.78 is 2.15. The number of aromatic nitrogens is 1. The zero-order valence-corrected chi connectivity index (χ0v) is 9.62. The number of benzene rings is 1. The normalized spacial score (nSPS) is 11.5. The number of nitrogens with zero attached hydrogens (tertiary/aromatic N) is 1. The van der Waals surface area contributed by atoms with Gasteiger partial charge in [0.05, 0.1) is 0 Å². The lowest BCUT2D eigenvalue weighted by molar-refractivity contribution is 0.589. The maximum atomic E-state index is 3.43. The van der Waals surface area contributed by atoms with Crippen LogP contribution < -0.4 is 5.32 Å². The monoisotopic (exact) mass is 202 g/mol. The van der Waals surface area contributed by atoms with Gasteiger partial charge >= 0.3 is 0 Å². The summed E-state index contributed by atoms with van der Waals surface area (Å²) in [4.78, 5) is 0. The lowest BCUT2D eigenvalue weighted by Gasteiger charge is -2.08. The first-order valence-corrected chi connectivity index (χ1v) is 5.44. The molecule has 0 aliphatic heterocycles. The van der Waals surface area contributed by atoms with Gasteiger partial charge in [0.1, 0.15) is 0 Å². The van der Waals surface area contributed by atoms with E-state index in [4.69, 9.17) is 0 Å². The summed E-state index contributed by atoms with van der Waals surface area (Å²) in [6.07, 6.45) is 2.10. The zero-order valence-electron chi connectivity index (χ0n) is 9.62. The third-order valence-electron chi connectivity index (χ3n) is 2.66. The molecule has 1 heterocycles. The van der Waals surface area contributed by atoms with E-state index in [1.165, 1.54) is 16.5 Å². The number of rotatable bonds is 3. The lowest BCUT2D eigenvalue weighted by Crippen LogP contribution is -2.21. The molecule has 2 rings (SSSR count). The van der Waals surface area contributed by atoms with Crippen molar-refractivity contribution in [2.24, 2.45) is 7.05 Å². The highest BCUT2D eigenvalue weighted by molar-refractivity contribution is 5.80. The van der Waals surface area contributed by atoms with Crippen LogP contribution in [0.5, 0.6) is 0 Å². The van der Waals surface area contributed by atoms with Crippen LogP contribution in [0.2, 0.25) is 0 Å². The summed E-state index contributed by atoms with van der Waals surface area (Å²) in [6, 6.07) is 9.33. The number of hydrogen-bond acceptors (Lipinski definition) is 1. The minimum Gasteiger partial charge on any atom is -0.351 e. The van der Waals surface area contributed by atoms with E-state index in [0.29, 0.717) is 6.04 Å². The van der Waals surface area contributed by atoms with Gasteiger partial charge in [-0.25, -0.2) is 0 Å². The average molecular weight is 202 g/mol. The first kappa shape index (κ1) is 10.2. The van der Waals surface area contributed by atoms with E-state index >= 15 is 0 Å². The van der Waals surface area contributed by atoms with Gasteiger partial charge in [0.25, 0.3) is 0 Å². The molecule has 15 heavy (non-hydrogen) atoms. The second-order valence-electron chi connectivity index (χ2n) is 4.36. The molecule has 0 unspecified atom stereocenters. The van der Waals surface area contributed by atoms with Gasteiger partial charge in [-0.05, 0) is 29.1 Å². The Morgan fingerprint density at radius 1 is 1.27 bits per heavy atom. The smallest absolute Gasteiger partial charge is 0.0477 e. The van der Waals surface area contributed by atoms with Gasteiger partial charge in [0.2, 0.25) is 0 Å². The molecule has 0 radical (unpaired) electrons. The summed E-state index contributed by atoms with van der Waals surface area (Å²) in [7, 11) is 2.08. The van der Waals surface area contributed by atoms with Crippen LogP contribution in [0, 0.1) is 0 Å². The molecule has 2 aromatic rings. The second-order valence-corrected chi connectivity index (χ2v) is 4.36. The Bertz CT molecular complexity index is 455. The second kappa shape index (κ2) is 4.07. The number of hydrogen-bond donors (Lipinski definition) is 1. The van der Waals surface area contributed by atoms with Crippen molar-refractivity contribution in [1.29, 1.82) is 0 Å². The molecular weight excluding hydrogens is 184 g/mol. The molecule has 0 fully saturated rings. The van der Waals surface area contributed by atoms with Crippen molar-refractivity contribution in [2.45, 2.75) is 26.4 Å². The van der Waals surface area contributed by atoms with E-state index in [9.17, 15) is 0 Å². The fourth-order valence-corrected chi connectivity index (χ4v) is 1.76. The highest BCUT2D eigenvalue weighted by Gasteiger charge is 2.00. The molecule has 1 N–H and O–H groups in total. The van der Waals surface area contributed by atoms with Gasteiger partial charge in [0.15, 0.2) is 0 Å². The number of fused-ring (bicyclic) bond motifs is 1. The minimum absolute atomic E-state index is 0.538. The molecule has 1 aromatic heterocycles. The first-order valence-electron chi connectivity index (χ1n) is 5.44. The summed E-state index contributed by atoms with van der Waals surface area (Å²) in [5.41, 5.74) is 2.64. The van der Waals surface area contributed by atoms with E-state index < -0.39 is 0 Å². The quantitative estimate of drug-likeness (QED) is 0.809. The Kier molecular flexibility index (Phi) is 2.78. The molecule has 1 aromatic carbocycles. The largest absolute Gasteiger partial charge is 0.351 e. The summed E-state index contributed by atoms with van der Waals surface area (Å²) >= 11 is 0. The van der Waals surface area contributed by atoms with Crippen LogP contribution >= 0.6 is 0 Å². The predicted octanol–water partition coefficient (Wildman–Crippen LogP) is 2.68. The van der Waals surface area contributed by atoms with Crippen molar-refractivity contribution in [3.8, 4) is 0 Å². The molecule has 0 saturated heterocycles. The van der Waals surface area contributed by atoms with Crippen molar-refractivity contribution in [2.75, 3.05) is 0 Å². The van der Waals surface area contributed by atoms with Gasteiger partial charge < -0.3 is 9.88 Å². The standard InChI is InChI=1S/C13H18N2/c1-10(2)14-9-11-4-5-13-12(8-11)6-7-15(13)3/h4-8,10,14H,9H2,1-3H3. The molecule has 0 atom stereocenters. The molecule has 0 aliphatic carbocycles. The van der Waals surface area contributed by atoms with Crippen LogP contribution in [0.15, 0.2) is 30.5 Å². The molecule has 2 nitrogen and oxygen atoms in total. The summed E-state index contributed by atoms with van der Waals surface area (Å²) in [5, 5.41) is 4.75. The van der Waals surface area contributed by atoms with Crippen molar-refractivity contribution in [3.05, 3.63) is 36.0 Å². The van der Waals surface area contributed by atoms with E-state index in [1.807, 2.05) is 0 Å². The minimum atomic E-state index is 0.538. The Labute approximate surface area is 90.9 Å². The number of nitrogens with one attached hydrogen (secondary N) is 1. The highest BCUT2D eigenvalue weighted by atomic mass is 14.9. The number of aryl methyl sites for hydroxylation is 1. The molecule has 0 saturated carbocycles. The van der Waals surface area contributed by atoms with Crippen molar-refractivity contribution < 1.29 is 0 Å². The van der Waals surface area contributed by atoms with Crippen molar-refractivity contribution >= 4 is 10.9 Å². The SMILES string of the molecule is CC(C)NCc1ccc2c(ccn2C)c1. The Morgan fingerprint density at radius 3 is 2.80 bits per heavy atom. The van der Waals surface area contributed by atoms with E-state index in [1.54, 1.807) is 0 Å². The Balaban J connectivity index is 2.23. The first-order chi connectivity index (χ1) is 7.16. The molecule has 0 amide bonds. The zero-order chi connectivity index (χ0) is 10.8. The summed E-state index contributed by atoms with van der Waals surface area (Å²) in [6.45, 7) is 5.28. The Hall–Kier alpha value is -1.28. The highest BCUT2D eigenvalue weighted by Crippen LogP contribution is 2.16. The molecule has 0 spiro atoms. The van der Waals surface area contributed by atoms with Crippen molar-refractivity contribution in [3.63, 3.8) is 0 Å². The van der Waals surface area contributed by atoms with E-state index in [-0.39, 0.29) is 0 Å². The van der Waals surface area contributed by atoms with E-state index in [0.717, 1.165) is 6.54 Å². The van der Waals surface area contributed by atoms with Crippen LogP contribution in [-0.2, 0) is 13.6 Å². The summed E-state index contributed by atoms with van der Waals surface area (Å²) in [5.74, 6) is 0.